The summed E-state index contributed by atoms with van der Waals surface area (Å²) in [5.74, 6) is -0.465. The zero-order valence-electron chi connectivity index (χ0n) is 17.9. The normalized spacial score (nSPS) is 12.1. The molecule has 7 nitrogen and oxygen atoms in total. The Hall–Kier alpha value is -2.39. The number of benzene rings is 2. The van der Waals surface area contributed by atoms with E-state index in [2.05, 4.69) is 21.2 Å². The van der Waals surface area contributed by atoms with E-state index in [9.17, 15) is 18.0 Å². The van der Waals surface area contributed by atoms with E-state index in [0.717, 1.165) is 16.3 Å². The van der Waals surface area contributed by atoms with E-state index in [1.165, 1.54) is 16.3 Å². The number of likely N-dealkylation sites (N-methyl/N-ethyl adjacent to an activating group) is 1. The molecular weight excluding hydrogens is 482 g/mol. The Bertz CT molecular complexity index is 982. The lowest BCUT2D eigenvalue weighted by Gasteiger charge is -2.29. The van der Waals surface area contributed by atoms with Crippen LogP contribution in [-0.2, 0) is 26.2 Å². The maximum atomic E-state index is 13.0. The lowest BCUT2D eigenvalue weighted by atomic mass is 10.1. The predicted octanol–water partition coefficient (Wildman–Crippen LogP) is 3.16. The van der Waals surface area contributed by atoms with Gasteiger partial charge in [0.25, 0.3) is 0 Å². The van der Waals surface area contributed by atoms with Gasteiger partial charge >= 0.3 is 0 Å². The van der Waals surface area contributed by atoms with Gasteiger partial charge in [-0.1, -0.05) is 46.3 Å². The monoisotopic (exact) mass is 509 g/mol. The van der Waals surface area contributed by atoms with Gasteiger partial charge in [-0.25, -0.2) is 8.42 Å². The molecule has 168 valence electrons. The summed E-state index contributed by atoms with van der Waals surface area (Å²) in [6, 6.07) is 15.7. The van der Waals surface area contributed by atoms with Gasteiger partial charge < -0.3 is 10.2 Å². The molecule has 9 heteroatoms. The molecule has 0 saturated heterocycles. The fraction of sp³-hybridized carbons (Fsp3) is 0.364. The molecular formula is C22H28BrN3O4S. The van der Waals surface area contributed by atoms with Crippen molar-refractivity contribution < 1.29 is 18.0 Å². The maximum Gasteiger partial charge on any atom is 0.242 e. The fourth-order valence-electron chi connectivity index (χ4n) is 3.18. The molecule has 0 aliphatic carbocycles. The Morgan fingerprint density at radius 3 is 2.23 bits per heavy atom. The average molecular weight is 510 g/mol. The smallest absolute Gasteiger partial charge is 0.242 e. The van der Waals surface area contributed by atoms with E-state index in [0.29, 0.717) is 12.1 Å². The SMILES string of the molecule is CNC(=O)[C@H](C)N(Cc1ccc(Br)cc1)C(=O)CCCN(c1ccccc1)S(C)(=O)=O. The summed E-state index contributed by atoms with van der Waals surface area (Å²) in [5.41, 5.74) is 1.46. The first-order chi connectivity index (χ1) is 14.6. The van der Waals surface area contributed by atoms with Crippen LogP contribution in [0.25, 0.3) is 0 Å². The highest BCUT2D eigenvalue weighted by Gasteiger charge is 2.26. The maximum absolute atomic E-state index is 13.0. The number of hydrogen-bond acceptors (Lipinski definition) is 4. The second-order valence-electron chi connectivity index (χ2n) is 7.21. The van der Waals surface area contributed by atoms with Gasteiger partial charge in [-0.15, -0.1) is 0 Å². The molecule has 0 aliphatic rings. The van der Waals surface area contributed by atoms with Crippen molar-refractivity contribution in [1.29, 1.82) is 0 Å². The Morgan fingerprint density at radius 2 is 1.68 bits per heavy atom. The van der Waals surface area contributed by atoms with Crippen LogP contribution in [0.3, 0.4) is 0 Å². The highest BCUT2D eigenvalue weighted by molar-refractivity contribution is 9.10. The van der Waals surface area contributed by atoms with Gasteiger partial charge in [0.2, 0.25) is 21.8 Å². The molecule has 0 bridgehead atoms. The van der Waals surface area contributed by atoms with E-state index in [1.807, 2.05) is 30.3 Å². The number of carbonyl (C=O) groups excluding carboxylic acids is 2. The number of nitrogens with one attached hydrogen (secondary N) is 1. The Labute approximate surface area is 192 Å². The topological polar surface area (TPSA) is 86.8 Å². The van der Waals surface area contributed by atoms with Crippen LogP contribution >= 0.6 is 15.9 Å². The van der Waals surface area contributed by atoms with Crippen molar-refractivity contribution in [2.75, 3.05) is 24.2 Å². The highest BCUT2D eigenvalue weighted by atomic mass is 79.9. The number of anilines is 1. The zero-order chi connectivity index (χ0) is 23.0. The molecule has 2 aromatic carbocycles. The van der Waals surface area contributed by atoms with E-state index in [-0.39, 0.29) is 31.3 Å². The van der Waals surface area contributed by atoms with Crippen LogP contribution in [0.4, 0.5) is 5.69 Å². The van der Waals surface area contributed by atoms with Gasteiger partial charge in [0.1, 0.15) is 6.04 Å². The number of carbonyl (C=O) groups is 2. The van der Waals surface area contributed by atoms with E-state index in [1.54, 1.807) is 31.2 Å². The molecule has 0 aliphatic heterocycles. The van der Waals surface area contributed by atoms with E-state index < -0.39 is 16.1 Å². The van der Waals surface area contributed by atoms with Gasteiger partial charge in [0.15, 0.2) is 0 Å². The van der Waals surface area contributed by atoms with Gasteiger partial charge in [-0.3, -0.25) is 13.9 Å². The first kappa shape index (κ1) is 24.9. The van der Waals surface area contributed by atoms with Gasteiger partial charge in [-0.05, 0) is 43.2 Å². The highest BCUT2D eigenvalue weighted by Crippen LogP contribution is 2.19. The van der Waals surface area contributed by atoms with Crippen molar-refractivity contribution in [2.45, 2.75) is 32.4 Å². The lowest BCUT2D eigenvalue weighted by Crippen LogP contribution is -2.46. The summed E-state index contributed by atoms with van der Waals surface area (Å²) in [4.78, 5) is 26.7. The Balaban J connectivity index is 2.11. The summed E-state index contributed by atoms with van der Waals surface area (Å²) >= 11 is 3.39. The standard InChI is InChI=1S/C22H28BrN3O4S/c1-17(22(28)24-2)25(16-18-11-13-19(23)14-12-18)21(27)10-7-15-26(31(3,29)30)20-8-5-4-6-9-20/h4-6,8-9,11-14,17H,7,10,15-16H2,1-3H3,(H,24,28)/t17-/m0/s1. The quantitative estimate of drug-likeness (QED) is 0.532. The molecule has 0 saturated carbocycles. The van der Waals surface area contributed by atoms with Crippen molar-refractivity contribution in [3.63, 3.8) is 0 Å². The number of para-hydroxylation sites is 1. The largest absolute Gasteiger partial charge is 0.357 e. The third-order valence-corrected chi connectivity index (χ3v) is 6.60. The van der Waals surface area contributed by atoms with Crippen LogP contribution in [0.2, 0.25) is 0 Å². The molecule has 2 rings (SSSR count). The van der Waals surface area contributed by atoms with Crippen molar-refractivity contribution in [3.05, 3.63) is 64.6 Å². The Kier molecular flexibility index (Phi) is 9.06. The van der Waals surface area contributed by atoms with Crippen LogP contribution in [0.5, 0.6) is 0 Å². The zero-order valence-corrected chi connectivity index (χ0v) is 20.3. The predicted molar refractivity (Wildman–Crippen MR) is 126 cm³/mol. The summed E-state index contributed by atoms with van der Waals surface area (Å²) in [6.07, 6.45) is 1.60. The minimum Gasteiger partial charge on any atom is -0.357 e. The van der Waals surface area contributed by atoms with E-state index >= 15 is 0 Å². The number of amides is 2. The van der Waals surface area contributed by atoms with Crippen molar-refractivity contribution >= 4 is 43.5 Å². The number of rotatable bonds is 10. The number of sulfonamides is 1. The second-order valence-corrected chi connectivity index (χ2v) is 10.0. The van der Waals surface area contributed by atoms with Crippen molar-refractivity contribution in [3.8, 4) is 0 Å². The van der Waals surface area contributed by atoms with E-state index in [4.69, 9.17) is 0 Å². The number of nitrogens with zero attached hydrogens (tertiary/aromatic N) is 2. The first-order valence-corrected chi connectivity index (χ1v) is 12.6. The molecule has 31 heavy (non-hydrogen) atoms. The minimum absolute atomic E-state index is 0.122. The summed E-state index contributed by atoms with van der Waals surface area (Å²) in [5, 5.41) is 2.58. The van der Waals surface area contributed by atoms with Crippen LogP contribution < -0.4 is 9.62 Å². The van der Waals surface area contributed by atoms with Crippen LogP contribution in [0, 0.1) is 0 Å². The van der Waals surface area contributed by atoms with Gasteiger partial charge in [0.05, 0.1) is 11.9 Å². The molecule has 0 fully saturated rings. The lowest BCUT2D eigenvalue weighted by molar-refractivity contribution is -0.140. The minimum atomic E-state index is -3.48. The number of hydrogen-bond donors (Lipinski definition) is 1. The summed E-state index contributed by atoms with van der Waals surface area (Å²) in [7, 11) is -1.95. The van der Waals surface area contributed by atoms with Crippen molar-refractivity contribution in [1.82, 2.24) is 10.2 Å². The molecule has 0 spiro atoms. The second kappa shape index (κ2) is 11.3. The number of halogens is 1. The first-order valence-electron chi connectivity index (χ1n) is 9.91. The molecule has 0 aromatic heterocycles. The van der Waals surface area contributed by atoms with Crippen LogP contribution in [-0.4, -0.2) is 51.0 Å². The molecule has 0 radical (unpaired) electrons. The summed E-state index contributed by atoms with van der Waals surface area (Å²) in [6.45, 7) is 2.15. The average Bonchev–Trinajstić information content (AvgIpc) is 2.74. The molecule has 2 aromatic rings. The van der Waals surface area contributed by atoms with Crippen LogP contribution in [0.15, 0.2) is 59.1 Å². The summed E-state index contributed by atoms with van der Waals surface area (Å²) < 4.78 is 26.7. The molecule has 1 N–H and O–H groups in total. The van der Waals surface area contributed by atoms with Crippen LogP contribution in [0.1, 0.15) is 25.3 Å². The molecule has 0 unspecified atom stereocenters. The molecule has 2 amide bonds. The third-order valence-electron chi connectivity index (χ3n) is 4.88. The molecule has 1 atom stereocenters. The molecule has 0 heterocycles. The fourth-order valence-corrected chi connectivity index (χ4v) is 4.41. The Morgan fingerprint density at radius 1 is 1.06 bits per heavy atom. The van der Waals surface area contributed by atoms with Gasteiger partial charge in [-0.2, -0.15) is 0 Å². The third kappa shape index (κ3) is 7.36. The van der Waals surface area contributed by atoms with Gasteiger partial charge in [0, 0.05) is 31.0 Å². The van der Waals surface area contributed by atoms with Crippen molar-refractivity contribution in [2.24, 2.45) is 0 Å².